The molecule has 2 rings (SSSR count). The molecule has 0 radical (unpaired) electrons. The van der Waals surface area contributed by atoms with Crippen molar-refractivity contribution in [2.24, 2.45) is 5.92 Å². The van der Waals surface area contributed by atoms with Crippen molar-refractivity contribution < 1.29 is 0 Å². The number of nitrogens with one attached hydrogen (secondary N) is 1. The molecule has 1 saturated carbocycles. The molecule has 1 aliphatic rings. The number of hydrogen-bond acceptors (Lipinski definition) is 4. The van der Waals surface area contributed by atoms with Crippen LogP contribution in [0.4, 0.5) is 11.8 Å². The van der Waals surface area contributed by atoms with Gasteiger partial charge in [0.25, 0.3) is 0 Å². The summed E-state index contributed by atoms with van der Waals surface area (Å²) >= 11 is 0. The molecular formula is C9H14N4. The molecule has 3 N–H and O–H groups in total. The van der Waals surface area contributed by atoms with Gasteiger partial charge in [-0.3, -0.25) is 0 Å². The standard InChI is InChI=1S/C9H14N4/c10-9-11-5-4-8(13-9)12-6-7-2-1-3-7/h4-5,7H,1-3,6H2,(H3,10,11,12,13). The third-order valence-electron chi connectivity index (χ3n) is 2.47. The van der Waals surface area contributed by atoms with Crippen molar-refractivity contribution in [1.29, 1.82) is 0 Å². The van der Waals surface area contributed by atoms with Crippen LogP contribution in [0.1, 0.15) is 19.3 Å². The highest BCUT2D eigenvalue weighted by atomic mass is 15.1. The summed E-state index contributed by atoms with van der Waals surface area (Å²) in [5, 5.41) is 3.26. The van der Waals surface area contributed by atoms with Crippen LogP contribution >= 0.6 is 0 Å². The first-order chi connectivity index (χ1) is 6.34. The number of anilines is 2. The molecule has 4 heteroatoms. The Hall–Kier alpha value is -1.32. The van der Waals surface area contributed by atoms with Crippen LogP contribution in [0.3, 0.4) is 0 Å². The van der Waals surface area contributed by atoms with Crippen LogP contribution < -0.4 is 11.1 Å². The van der Waals surface area contributed by atoms with E-state index in [-0.39, 0.29) is 0 Å². The lowest BCUT2D eigenvalue weighted by Crippen LogP contribution is -2.21. The Morgan fingerprint density at radius 2 is 2.38 bits per heavy atom. The van der Waals surface area contributed by atoms with Crippen molar-refractivity contribution in [3.8, 4) is 0 Å². The number of nitrogen functional groups attached to an aromatic ring is 1. The molecule has 70 valence electrons. The van der Waals surface area contributed by atoms with Crippen molar-refractivity contribution in [1.82, 2.24) is 9.97 Å². The van der Waals surface area contributed by atoms with Crippen LogP contribution in [0, 0.1) is 5.92 Å². The van der Waals surface area contributed by atoms with E-state index in [2.05, 4.69) is 15.3 Å². The molecule has 0 saturated heterocycles. The van der Waals surface area contributed by atoms with Crippen LogP contribution in [0.2, 0.25) is 0 Å². The van der Waals surface area contributed by atoms with E-state index in [0.29, 0.717) is 5.95 Å². The molecule has 1 aromatic heterocycles. The van der Waals surface area contributed by atoms with Crippen molar-refractivity contribution in [2.75, 3.05) is 17.6 Å². The smallest absolute Gasteiger partial charge is 0.221 e. The predicted molar refractivity (Wildman–Crippen MR) is 52.3 cm³/mol. The van der Waals surface area contributed by atoms with Crippen LogP contribution in [0.25, 0.3) is 0 Å². The first-order valence-corrected chi connectivity index (χ1v) is 4.67. The number of rotatable bonds is 3. The Bertz CT molecular complexity index is 283. The molecular weight excluding hydrogens is 164 g/mol. The van der Waals surface area contributed by atoms with Gasteiger partial charge in [-0.05, 0) is 24.8 Å². The minimum absolute atomic E-state index is 0.332. The number of nitrogens with two attached hydrogens (primary N) is 1. The second kappa shape index (κ2) is 3.60. The molecule has 1 fully saturated rings. The second-order valence-corrected chi connectivity index (χ2v) is 3.48. The monoisotopic (exact) mass is 178 g/mol. The van der Waals surface area contributed by atoms with Crippen molar-refractivity contribution in [2.45, 2.75) is 19.3 Å². The maximum atomic E-state index is 5.45. The Morgan fingerprint density at radius 3 is 3.00 bits per heavy atom. The third kappa shape index (κ3) is 2.08. The average Bonchev–Trinajstić information content (AvgIpc) is 2.01. The second-order valence-electron chi connectivity index (χ2n) is 3.48. The van der Waals surface area contributed by atoms with E-state index in [1.54, 1.807) is 6.20 Å². The zero-order valence-electron chi connectivity index (χ0n) is 7.53. The van der Waals surface area contributed by atoms with E-state index in [0.717, 1.165) is 18.3 Å². The fourth-order valence-corrected chi connectivity index (χ4v) is 1.42. The number of hydrogen-bond donors (Lipinski definition) is 2. The van der Waals surface area contributed by atoms with E-state index < -0.39 is 0 Å². The molecule has 1 heterocycles. The van der Waals surface area contributed by atoms with Gasteiger partial charge in [0.1, 0.15) is 5.82 Å². The minimum Gasteiger partial charge on any atom is -0.370 e. The van der Waals surface area contributed by atoms with Gasteiger partial charge in [-0.1, -0.05) is 6.42 Å². The highest BCUT2D eigenvalue weighted by Crippen LogP contribution is 2.26. The minimum atomic E-state index is 0.332. The summed E-state index contributed by atoms with van der Waals surface area (Å²) in [6.45, 7) is 1.01. The quantitative estimate of drug-likeness (QED) is 0.731. The van der Waals surface area contributed by atoms with E-state index in [4.69, 9.17) is 5.73 Å². The SMILES string of the molecule is Nc1nccc(NCC2CCC2)n1. The summed E-state index contributed by atoms with van der Waals surface area (Å²) in [7, 11) is 0. The van der Waals surface area contributed by atoms with Gasteiger partial charge in [-0.25, -0.2) is 4.98 Å². The van der Waals surface area contributed by atoms with Gasteiger partial charge in [0.05, 0.1) is 0 Å². The maximum Gasteiger partial charge on any atom is 0.221 e. The van der Waals surface area contributed by atoms with Crippen LogP contribution in [0.5, 0.6) is 0 Å². The molecule has 0 amide bonds. The van der Waals surface area contributed by atoms with Gasteiger partial charge < -0.3 is 11.1 Å². The Morgan fingerprint density at radius 1 is 1.54 bits per heavy atom. The van der Waals surface area contributed by atoms with Crippen LogP contribution in [-0.4, -0.2) is 16.5 Å². The predicted octanol–water partition coefficient (Wildman–Crippen LogP) is 1.27. The summed E-state index contributed by atoms with van der Waals surface area (Å²) in [6, 6.07) is 1.84. The van der Waals surface area contributed by atoms with Gasteiger partial charge >= 0.3 is 0 Å². The normalized spacial score (nSPS) is 16.6. The summed E-state index contributed by atoms with van der Waals surface area (Å²) in [5.74, 6) is 1.99. The first kappa shape index (κ1) is 8.29. The molecule has 1 aliphatic carbocycles. The Labute approximate surface area is 77.6 Å². The van der Waals surface area contributed by atoms with E-state index in [1.165, 1.54) is 19.3 Å². The molecule has 0 aromatic carbocycles. The fourth-order valence-electron chi connectivity index (χ4n) is 1.42. The summed E-state index contributed by atoms with van der Waals surface area (Å²) in [6.07, 6.45) is 5.73. The topological polar surface area (TPSA) is 63.8 Å². The number of nitrogens with zero attached hydrogens (tertiary/aromatic N) is 2. The van der Waals surface area contributed by atoms with Crippen molar-refractivity contribution >= 4 is 11.8 Å². The highest BCUT2D eigenvalue weighted by molar-refractivity contribution is 5.37. The van der Waals surface area contributed by atoms with Gasteiger partial charge in [0.2, 0.25) is 5.95 Å². The summed E-state index contributed by atoms with van der Waals surface area (Å²) in [4.78, 5) is 7.89. The van der Waals surface area contributed by atoms with Gasteiger partial charge in [-0.2, -0.15) is 4.98 Å². The van der Waals surface area contributed by atoms with Crippen LogP contribution in [-0.2, 0) is 0 Å². The fraction of sp³-hybridized carbons (Fsp3) is 0.556. The van der Waals surface area contributed by atoms with Gasteiger partial charge in [0, 0.05) is 12.7 Å². The highest BCUT2D eigenvalue weighted by Gasteiger charge is 2.16. The molecule has 4 nitrogen and oxygen atoms in total. The van der Waals surface area contributed by atoms with Crippen molar-refractivity contribution in [3.63, 3.8) is 0 Å². The van der Waals surface area contributed by atoms with Crippen LogP contribution in [0.15, 0.2) is 12.3 Å². The zero-order valence-corrected chi connectivity index (χ0v) is 7.53. The molecule has 0 unspecified atom stereocenters. The number of aromatic nitrogens is 2. The van der Waals surface area contributed by atoms with E-state index in [9.17, 15) is 0 Å². The Kier molecular flexibility index (Phi) is 2.29. The first-order valence-electron chi connectivity index (χ1n) is 4.67. The lowest BCUT2D eigenvalue weighted by molar-refractivity contribution is 0.333. The van der Waals surface area contributed by atoms with Crippen molar-refractivity contribution in [3.05, 3.63) is 12.3 Å². The third-order valence-corrected chi connectivity index (χ3v) is 2.47. The summed E-state index contributed by atoms with van der Waals surface area (Å²) < 4.78 is 0. The maximum absolute atomic E-state index is 5.45. The molecule has 13 heavy (non-hydrogen) atoms. The molecule has 1 aromatic rings. The largest absolute Gasteiger partial charge is 0.370 e. The van der Waals surface area contributed by atoms with E-state index in [1.807, 2.05) is 6.07 Å². The molecule has 0 aliphatic heterocycles. The zero-order chi connectivity index (χ0) is 9.10. The van der Waals surface area contributed by atoms with Gasteiger partial charge in [0.15, 0.2) is 0 Å². The molecule has 0 atom stereocenters. The van der Waals surface area contributed by atoms with Gasteiger partial charge in [-0.15, -0.1) is 0 Å². The molecule has 0 bridgehead atoms. The average molecular weight is 178 g/mol. The Balaban J connectivity index is 1.86. The van der Waals surface area contributed by atoms with E-state index >= 15 is 0 Å². The lowest BCUT2D eigenvalue weighted by atomic mass is 9.85. The lowest BCUT2D eigenvalue weighted by Gasteiger charge is -2.25. The summed E-state index contributed by atoms with van der Waals surface area (Å²) in [5.41, 5.74) is 5.45. The molecule has 0 spiro atoms.